The molecule has 0 aliphatic carbocycles. The molecule has 176 valence electrons. The molecule has 2 heterocycles. The summed E-state index contributed by atoms with van der Waals surface area (Å²) in [5.41, 5.74) is 10.5. The molecule has 1 saturated heterocycles. The summed E-state index contributed by atoms with van der Waals surface area (Å²) >= 11 is 0. The Labute approximate surface area is 193 Å². The minimum atomic E-state index is -4.66. The number of alkyl halides is 3. The van der Waals surface area contributed by atoms with Gasteiger partial charge >= 0.3 is 6.18 Å². The molecule has 0 bridgehead atoms. The summed E-state index contributed by atoms with van der Waals surface area (Å²) in [6.45, 7) is 0.623. The van der Waals surface area contributed by atoms with Crippen molar-refractivity contribution in [3.63, 3.8) is 0 Å². The fourth-order valence-corrected chi connectivity index (χ4v) is 4.33. The van der Waals surface area contributed by atoms with E-state index in [1.54, 1.807) is 29.3 Å². The van der Waals surface area contributed by atoms with Crippen molar-refractivity contribution < 1.29 is 22.8 Å². The first-order chi connectivity index (χ1) is 16.1. The molecule has 10 heteroatoms. The summed E-state index contributed by atoms with van der Waals surface area (Å²) in [4.78, 5) is 34.4. The molecule has 0 spiro atoms. The molecule has 0 saturated carbocycles. The zero-order chi connectivity index (χ0) is 24.5. The minimum absolute atomic E-state index is 0.0928. The van der Waals surface area contributed by atoms with E-state index in [1.807, 2.05) is 12.1 Å². The second-order valence-electron chi connectivity index (χ2n) is 8.08. The number of hydrogen-bond donors (Lipinski definition) is 2. The summed E-state index contributed by atoms with van der Waals surface area (Å²) in [5, 5.41) is 0.734. The number of halogens is 3. The number of carbonyl (C=O) groups excluding carboxylic acids is 2. The van der Waals surface area contributed by atoms with E-state index in [4.69, 9.17) is 11.5 Å². The van der Waals surface area contributed by atoms with Crippen LogP contribution in [0.2, 0.25) is 0 Å². The fraction of sp³-hybridized carbons (Fsp3) is 0.250. The monoisotopic (exact) mass is 469 g/mol. The molecule has 0 atom stereocenters. The van der Waals surface area contributed by atoms with Crippen molar-refractivity contribution in [3.8, 4) is 0 Å². The lowest BCUT2D eigenvalue weighted by molar-refractivity contribution is -0.138. The molecule has 2 aromatic carbocycles. The number of likely N-dealkylation sites (tertiary alicyclic amines) is 1. The van der Waals surface area contributed by atoms with Gasteiger partial charge in [0.2, 0.25) is 0 Å². The Bertz CT molecular complexity index is 1270. The van der Waals surface area contributed by atoms with Gasteiger partial charge < -0.3 is 16.4 Å². The number of carbonyl (C=O) groups is 2. The molecule has 34 heavy (non-hydrogen) atoms. The molecule has 1 aliphatic heterocycles. The highest BCUT2D eigenvalue weighted by Gasteiger charge is 2.37. The van der Waals surface area contributed by atoms with Crippen LogP contribution >= 0.6 is 0 Å². The second-order valence-corrected chi connectivity index (χ2v) is 8.08. The van der Waals surface area contributed by atoms with E-state index in [0.29, 0.717) is 37.0 Å². The highest BCUT2D eigenvalue weighted by Crippen LogP contribution is 2.39. The van der Waals surface area contributed by atoms with E-state index in [2.05, 4.69) is 9.98 Å². The van der Waals surface area contributed by atoms with Crippen molar-refractivity contribution in [3.05, 3.63) is 77.0 Å². The normalized spacial score (nSPS) is 14.7. The van der Waals surface area contributed by atoms with Crippen LogP contribution in [-0.4, -0.2) is 40.7 Å². The van der Waals surface area contributed by atoms with Gasteiger partial charge in [-0.1, -0.05) is 18.2 Å². The van der Waals surface area contributed by atoms with Crippen molar-refractivity contribution in [2.45, 2.75) is 24.9 Å². The third-order valence-electron chi connectivity index (χ3n) is 5.93. The van der Waals surface area contributed by atoms with Crippen molar-refractivity contribution in [2.75, 3.05) is 13.1 Å². The zero-order valence-electron chi connectivity index (χ0n) is 18.0. The molecular formula is C24H22F3N5O2. The molecule has 1 fully saturated rings. The van der Waals surface area contributed by atoms with Gasteiger partial charge in [0.15, 0.2) is 5.96 Å². The quantitative estimate of drug-likeness (QED) is 0.449. The first-order valence-corrected chi connectivity index (χ1v) is 10.6. The molecule has 4 rings (SSSR count). The molecular weight excluding hydrogens is 447 g/mol. The van der Waals surface area contributed by atoms with Crippen LogP contribution in [0.3, 0.4) is 0 Å². The third-order valence-corrected chi connectivity index (χ3v) is 5.93. The van der Waals surface area contributed by atoms with Crippen LogP contribution in [-0.2, 0) is 6.18 Å². The van der Waals surface area contributed by atoms with Gasteiger partial charge in [-0.05, 0) is 54.7 Å². The molecule has 2 amide bonds. The van der Waals surface area contributed by atoms with Crippen LogP contribution in [0.15, 0.2) is 59.7 Å². The van der Waals surface area contributed by atoms with Gasteiger partial charge in [0.25, 0.3) is 11.8 Å². The summed E-state index contributed by atoms with van der Waals surface area (Å²) in [6, 6.07) is 12.3. The number of pyridine rings is 1. The first kappa shape index (κ1) is 23.2. The Morgan fingerprint density at radius 3 is 2.44 bits per heavy atom. The molecule has 1 aliphatic rings. The Kier molecular flexibility index (Phi) is 6.23. The molecule has 4 N–H and O–H groups in total. The minimum Gasteiger partial charge on any atom is -0.370 e. The Morgan fingerprint density at radius 1 is 1.03 bits per heavy atom. The highest BCUT2D eigenvalue weighted by molar-refractivity contribution is 6.06. The maximum absolute atomic E-state index is 13.8. The SMILES string of the molecule is NC(N)=NC(=O)c1ccc(C2CCN(C(=O)c3cccc4ncccc34)CC2)c(C(F)(F)F)c1. The van der Waals surface area contributed by atoms with Crippen molar-refractivity contribution in [1.82, 2.24) is 9.88 Å². The van der Waals surface area contributed by atoms with Crippen LogP contribution < -0.4 is 11.5 Å². The predicted octanol–water partition coefficient (Wildman–Crippen LogP) is 3.69. The maximum atomic E-state index is 13.8. The lowest BCUT2D eigenvalue weighted by Crippen LogP contribution is -2.38. The van der Waals surface area contributed by atoms with Crippen molar-refractivity contribution >= 4 is 28.7 Å². The van der Waals surface area contributed by atoms with Crippen LogP contribution in [0.25, 0.3) is 10.9 Å². The summed E-state index contributed by atoms with van der Waals surface area (Å²) in [6.07, 6.45) is -2.29. The fourth-order valence-electron chi connectivity index (χ4n) is 4.33. The van der Waals surface area contributed by atoms with Gasteiger partial charge in [0, 0.05) is 35.8 Å². The molecule has 1 aromatic heterocycles. The number of piperidine rings is 1. The number of aromatic nitrogens is 1. The summed E-state index contributed by atoms with van der Waals surface area (Å²) in [5.74, 6) is -2.06. The lowest BCUT2D eigenvalue weighted by atomic mass is 9.85. The standard InChI is InChI=1S/C24H22F3N5O2/c25-24(26,27)19-13-15(21(33)31-23(28)29)6-7-16(19)14-8-11-32(12-9-14)22(34)18-3-1-5-20-17(18)4-2-10-30-20/h1-7,10,13-14H,8-9,11-12H2,(H4,28,29,31,33). The van der Waals surface area contributed by atoms with E-state index in [-0.39, 0.29) is 17.0 Å². The number of rotatable bonds is 3. The van der Waals surface area contributed by atoms with Gasteiger partial charge in [-0.3, -0.25) is 14.6 Å². The highest BCUT2D eigenvalue weighted by atomic mass is 19.4. The molecule has 3 aromatic rings. The average molecular weight is 469 g/mol. The number of guanidine groups is 1. The number of fused-ring (bicyclic) bond motifs is 1. The maximum Gasteiger partial charge on any atom is 0.416 e. The van der Waals surface area contributed by atoms with E-state index >= 15 is 0 Å². The van der Waals surface area contributed by atoms with Gasteiger partial charge in [-0.2, -0.15) is 18.2 Å². The molecule has 0 unspecified atom stereocenters. The largest absolute Gasteiger partial charge is 0.416 e. The number of amides is 2. The van der Waals surface area contributed by atoms with E-state index in [9.17, 15) is 22.8 Å². The van der Waals surface area contributed by atoms with E-state index < -0.39 is 29.5 Å². The van der Waals surface area contributed by atoms with Crippen molar-refractivity contribution in [2.24, 2.45) is 16.5 Å². The zero-order valence-corrected chi connectivity index (χ0v) is 18.0. The Hall–Kier alpha value is -3.95. The first-order valence-electron chi connectivity index (χ1n) is 10.6. The number of nitrogens with two attached hydrogens (primary N) is 2. The van der Waals surface area contributed by atoms with Crippen LogP contribution in [0.4, 0.5) is 13.2 Å². The second kappa shape index (κ2) is 9.12. The van der Waals surface area contributed by atoms with Crippen LogP contribution in [0, 0.1) is 0 Å². The van der Waals surface area contributed by atoms with Crippen LogP contribution in [0.5, 0.6) is 0 Å². The number of hydrogen-bond acceptors (Lipinski definition) is 3. The Balaban J connectivity index is 1.55. The number of nitrogens with zero attached hydrogens (tertiary/aromatic N) is 3. The molecule has 0 radical (unpaired) electrons. The Morgan fingerprint density at radius 2 is 1.76 bits per heavy atom. The van der Waals surface area contributed by atoms with Gasteiger partial charge in [-0.15, -0.1) is 0 Å². The van der Waals surface area contributed by atoms with Gasteiger partial charge in [0.1, 0.15) is 0 Å². The summed E-state index contributed by atoms with van der Waals surface area (Å²) in [7, 11) is 0. The smallest absolute Gasteiger partial charge is 0.370 e. The van der Waals surface area contributed by atoms with E-state index in [1.165, 1.54) is 12.1 Å². The topological polar surface area (TPSA) is 115 Å². The van der Waals surface area contributed by atoms with Crippen LogP contribution in [0.1, 0.15) is 50.6 Å². The predicted molar refractivity (Wildman–Crippen MR) is 121 cm³/mol. The van der Waals surface area contributed by atoms with Gasteiger partial charge in [0.05, 0.1) is 11.1 Å². The average Bonchev–Trinajstić information content (AvgIpc) is 2.82. The summed E-state index contributed by atoms with van der Waals surface area (Å²) < 4.78 is 41.5. The van der Waals surface area contributed by atoms with E-state index in [0.717, 1.165) is 11.5 Å². The third kappa shape index (κ3) is 4.70. The number of benzene rings is 2. The number of aliphatic imine (C=N–C) groups is 1. The van der Waals surface area contributed by atoms with Crippen molar-refractivity contribution in [1.29, 1.82) is 0 Å². The van der Waals surface area contributed by atoms with Gasteiger partial charge in [-0.25, -0.2) is 0 Å². The lowest BCUT2D eigenvalue weighted by Gasteiger charge is -2.33. The molecule has 7 nitrogen and oxygen atoms in total.